The first kappa shape index (κ1) is 13.8. The number of allylic oxidation sites excluding steroid dienone is 1. The molecule has 4 unspecified atom stereocenters. The summed E-state index contributed by atoms with van der Waals surface area (Å²) in [7, 11) is 0. The lowest BCUT2D eigenvalue weighted by molar-refractivity contribution is -0.149. The predicted molar refractivity (Wildman–Crippen MR) is 87.1 cm³/mol. The van der Waals surface area contributed by atoms with Crippen LogP contribution in [0.25, 0.3) is 6.08 Å². The number of benzene rings is 1. The maximum absolute atomic E-state index is 14.3. The number of primary amides is 1. The van der Waals surface area contributed by atoms with Crippen molar-refractivity contribution < 1.29 is 9.18 Å². The minimum absolute atomic E-state index is 0.111. The molecule has 2 bridgehead atoms. The highest BCUT2D eigenvalue weighted by Crippen LogP contribution is 2.76. The van der Waals surface area contributed by atoms with E-state index in [1.807, 2.05) is 6.07 Å². The average molecular weight is 311 g/mol. The van der Waals surface area contributed by atoms with Gasteiger partial charge in [-0.05, 0) is 80.0 Å². The van der Waals surface area contributed by atoms with Crippen molar-refractivity contribution >= 4 is 12.0 Å². The highest BCUT2D eigenvalue weighted by Gasteiger charge is 2.75. The smallest absolute Gasteiger partial charge is 0.224 e. The number of hydrogen-bond donors (Lipinski definition) is 1. The zero-order valence-corrected chi connectivity index (χ0v) is 13.5. The normalized spacial score (nSPS) is 39.7. The quantitative estimate of drug-likeness (QED) is 0.889. The maximum atomic E-state index is 14.3. The number of nitrogens with two attached hydrogens (primary N) is 1. The van der Waals surface area contributed by atoms with Gasteiger partial charge in [-0.15, -0.1) is 0 Å². The van der Waals surface area contributed by atoms with Gasteiger partial charge >= 0.3 is 0 Å². The zero-order valence-electron chi connectivity index (χ0n) is 13.5. The van der Waals surface area contributed by atoms with Crippen molar-refractivity contribution in [3.8, 4) is 0 Å². The van der Waals surface area contributed by atoms with Crippen molar-refractivity contribution in [1.82, 2.24) is 0 Å². The summed E-state index contributed by atoms with van der Waals surface area (Å²) in [5.74, 6) is 0.747. The van der Waals surface area contributed by atoms with Gasteiger partial charge in [0.25, 0.3) is 0 Å². The molecular formula is C20H22FNO. The Morgan fingerprint density at radius 3 is 2.74 bits per heavy atom. The SMILES string of the molecule is CC1=Cc2c(C34CCC3(C(N)=O)C3CCC4C3)ccc(F)c2C1. The Balaban J connectivity index is 1.77. The van der Waals surface area contributed by atoms with Gasteiger partial charge in [-0.2, -0.15) is 0 Å². The molecule has 0 heterocycles. The standard InChI is InChI=1S/C20H22FNO/c1-11-8-14-15(9-11)17(21)5-4-16(14)19-6-7-20(19,18(22)23)13-3-2-12(19)10-13/h4-5,8,12-13H,2-3,6-7,9-10H2,1H3,(H2,22,23). The zero-order chi connectivity index (χ0) is 16.0. The van der Waals surface area contributed by atoms with E-state index in [2.05, 4.69) is 13.0 Å². The molecule has 4 atom stereocenters. The van der Waals surface area contributed by atoms with Gasteiger partial charge in [0.05, 0.1) is 5.41 Å². The van der Waals surface area contributed by atoms with Crippen LogP contribution in [0.4, 0.5) is 4.39 Å². The largest absolute Gasteiger partial charge is 0.369 e. The highest BCUT2D eigenvalue weighted by atomic mass is 19.1. The van der Waals surface area contributed by atoms with Crippen molar-refractivity contribution in [3.63, 3.8) is 0 Å². The fraction of sp³-hybridized carbons (Fsp3) is 0.550. The maximum Gasteiger partial charge on any atom is 0.224 e. The van der Waals surface area contributed by atoms with Gasteiger partial charge < -0.3 is 5.73 Å². The lowest BCUT2D eigenvalue weighted by Gasteiger charge is -2.61. The number of carbonyl (C=O) groups excluding carboxylic acids is 1. The molecular weight excluding hydrogens is 289 g/mol. The summed E-state index contributed by atoms with van der Waals surface area (Å²) in [6.07, 6.45) is 8.22. The second-order valence-corrected chi connectivity index (χ2v) is 8.17. The molecule has 1 amide bonds. The van der Waals surface area contributed by atoms with E-state index in [4.69, 9.17) is 5.73 Å². The van der Waals surface area contributed by atoms with Crippen molar-refractivity contribution in [3.05, 3.63) is 40.2 Å². The summed E-state index contributed by atoms with van der Waals surface area (Å²) in [4.78, 5) is 12.5. The van der Waals surface area contributed by atoms with Crippen molar-refractivity contribution in [1.29, 1.82) is 0 Å². The monoisotopic (exact) mass is 311 g/mol. The van der Waals surface area contributed by atoms with Crippen molar-refractivity contribution in [2.75, 3.05) is 0 Å². The van der Waals surface area contributed by atoms with E-state index in [0.29, 0.717) is 18.3 Å². The summed E-state index contributed by atoms with van der Waals surface area (Å²) >= 11 is 0. The van der Waals surface area contributed by atoms with Gasteiger partial charge in [-0.25, -0.2) is 4.39 Å². The fourth-order valence-corrected chi connectivity index (χ4v) is 6.76. The molecule has 1 aromatic carbocycles. The third kappa shape index (κ3) is 1.31. The second kappa shape index (κ2) is 4.06. The molecule has 1 aromatic rings. The molecule has 0 saturated heterocycles. The Bertz CT molecular complexity index is 782. The molecule has 23 heavy (non-hydrogen) atoms. The number of hydrogen-bond acceptors (Lipinski definition) is 1. The number of amides is 1. The van der Waals surface area contributed by atoms with Gasteiger partial charge in [-0.3, -0.25) is 4.79 Å². The van der Waals surface area contributed by atoms with E-state index in [9.17, 15) is 9.18 Å². The summed E-state index contributed by atoms with van der Waals surface area (Å²) in [5, 5.41) is 0. The number of rotatable bonds is 2. The molecule has 4 aliphatic carbocycles. The lowest BCUT2D eigenvalue weighted by atomic mass is 9.41. The summed E-state index contributed by atoms with van der Waals surface area (Å²) in [5.41, 5.74) is 9.76. The van der Waals surface area contributed by atoms with Crippen LogP contribution in [-0.2, 0) is 16.6 Å². The molecule has 2 N–H and O–H groups in total. The van der Waals surface area contributed by atoms with E-state index in [0.717, 1.165) is 36.8 Å². The Morgan fingerprint density at radius 2 is 2.04 bits per heavy atom. The number of carbonyl (C=O) groups is 1. The molecule has 0 radical (unpaired) electrons. The van der Waals surface area contributed by atoms with Crippen LogP contribution in [0.3, 0.4) is 0 Å². The van der Waals surface area contributed by atoms with Crippen LogP contribution in [0, 0.1) is 23.1 Å². The van der Waals surface area contributed by atoms with Crippen molar-refractivity contribution in [2.45, 2.75) is 50.9 Å². The summed E-state index contributed by atoms with van der Waals surface area (Å²) in [6, 6.07) is 3.58. The fourth-order valence-electron chi connectivity index (χ4n) is 6.76. The predicted octanol–water partition coefficient (Wildman–Crippen LogP) is 3.72. The van der Waals surface area contributed by atoms with Crippen LogP contribution in [0.2, 0.25) is 0 Å². The van der Waals surface area contributed by atoms with Crippen LogP contribution in [0.15, 0.2) is 17.7 Å². The van der Waals surface area contributed by atoms with Gasteiger partial charge in [0.1, 0.15) is 5.82 Å². The number of halogens is 1. The molecule has 120 valence electrons. The first-order chi connectivity index (χ1) is 11.0. The van der Waals surface area contributed by atoms with Crippen LogP contribution in [0.1, 0.15) is 55.7 Å². The van der Waals surface area contributed by atoms with Crippen LogP contribution in [-0.4, -0.2) is 5.91 Å². The number of fused-ring (bicyclic) bond motifs is 6. The van der Waals surface area contributed by atoms with E-state index in [-0.39, 0.29) is 22.6 Å². The van der Waals surface area contributed by atoms with Crippen LogP contribution >= 0.6 is 0 Å². The molecule has 3 fully saturated rings. The van der Waals surface area contributed by atoms with Crippen LogP contribution in [0.5, 0.6) is 0 Å². The minimum atomic E-state index is -0.369. The molecule has 4 aliphatic rings. The molecule has 3 heteroatoms. The first-order valence-electron chi connectivity index (χ1n) is 8.79. The third-order valence-electron chi connectivity index (χ3n) is 7.60. The van der Waals surface area contributed by atoms with Gasteiger partial charge in [-0.1, -0.05) is 17.7 Å². The Morgan fingerprint density at radius 1 is 1.26 bits per heavy atom. The Hall–Kier alpha value is -1.64. The molecule has 0 aliphatic heterocycles. The minimum Gasteiger partial charge on any atom is -0.369 e. The lowest BCUT2D eigenvalue weighted by Crippen LogP contribution is -2.64. The molecule has 3 saturated carbocycles. The Kier molecular flexibility index (Phi) is 2.43. The van der Waals surface area contributed by atoms with Crippen LogP contribution < -0.4 is 5.73 Å². The molecule has 0 aromatic heterocycles. The molecule has 5 rings (SSSR count). The third-order valence-corrected chi connectivity index (χ3v) is 7.60. The van der Waals surface area contributed by atoms with Gasteiger partial charge in [0, 0.05) is 5.41 Å². The van der Waals surface area contributed by atoms with E-state index in [1.54, 1.807) is 6.07 Å². The first-order valence-corrected chi connectivity index (χ1v) is 8.79. The van der Waals surface area contributed by atoms with Crippen molar-refractivity contribution in [2.24, 2.45) is 23.0 Å². The molecule has 0 spiro atoms. The molecule has 2 nitrogen and oxygen atoms in total. The van der Waals surface area contributed by atoms with E-state index >= 15 is 0 Å². The summed E-state index contributed by atoms with van der Waals surface area (Å²) < 4.78 is 14.3. The average Bonchev–Trinajstić information content (AvgIpc) is 3.11. The topological polar surface area (TPSA) is 43.1 Å². The highest BCUT2D eigenvalue weighted by molar-refractivity contribution is 5.87. The van der Waals surface area contributed by atoms with E-state index < -0.39 is 0 Å². The Labute approximate surface area is 135 Å². The summed E-state index contributed by atoms with van der Waals surface area (Å²) in [6.45, 7) is 2.06. The van der Waals surface area contributed by atoms with Gasteiger partial charge in [0.15, 0.2) is 0 Å². The van der Waals surface area contributed by atoms with E-state index in [1.165, 1.54) is 17.6 Å². The van der Waals surface area contributed by atoms with Gasteiger partial charge in [0.2, 0.25) is 5.91 Å². The second-order valence-electron chi connectivity index (χ2n) is 8.17.